The van der Waals surface area contributed by atoms with Crippen LogP contribution in [0, 0.1) is 5.92 Å². The minimum absolute atomic E-state index is 0.501. The van der Waals surface area contributed by atoms with Gasteiger partial charge in [-0.25, -0.2) is 0 Å². The minimum atomic E-state index is 0.501. The summed E-state index contributed by atoms with van der Waals surface area (Å²) in [6.45, 7) is 8.67. The molecule has 1 saturated carbocycles. The second-order valence-electron chi connectivity index (χ2n) is 4.46. The number of rotatable bonds is 3. The summed E-state index contributed by atoms with van der Waals surface area (Å²) in [5, 5.41) is 3.54. The summed E-state index contributed by atoms with van der Waals surface area (Å²) in [6, 6.07) is 0. The molecule has 1 N–H and O–H groups in total. The van der Waals surface area contributed by atoms with Gasteiger partial charge in [0, 0.05) is 5.54 Å². The van der Waals surface area contributed by atoms with Crippen LogP contribution in [0.15, 0.2) is 0 Å². The van der Waals surface area contributed by atoms with Crippen LogP contribution < -0.4 is 5.32 Å². The molecule has 1 rings (SSSR count). The Bertz CT molecular complexity index is 123. The maximum atomic E-state index is 3.54. The lowest BCUT2D eigenvalue weighted by Gasteiger charge is -2.39. The normalized spacial score (nSPS) is 31.9. The van der Waals surface area contributed by atoms with E-state index in [9.17, 15) is 0 Å². The molecule has 1 heteroatoms. The Kier molecular flexibility index (Phi) is 7.26. The van der Waals surface area contributed by atoms with Gasteiger partial charge in [0.25, 0.3) is 0 Å². The molecule has 0 unspecified atom stereocenters. The largest absolute Gasteiger partial charge is 0.314 e. The van der Waals surface area contributed by atoms with Crippen LogP contribution in [0.3, 0.4) is 0 Å². The number of nitrogens with one attached hydrogen (secondary N) is 1. The van der Waals surface area contributed by atoms with Gasteiger partial charge in [-0.05, 0) is 45.1 Å². The van der Waals surface area contributed by atoms with Crippen molar-refractivity contribution in [1.29, 1.82) is 0 Å². The van der Waals surface area contributed by atoms with Crippen LogP contribution in [0.4, 0.5) is 0 Å². The molecule has 0 atom stereocenters. The zero-order chi connectivity index (χ0) is 11.0. The average molecular weight is 199 g/mol. The molecule has 0 radical (unpaired) electrons. The van der Waals surface area contributed by atoms with E-state index < -0.39 is 0 Å². The van der Waals surface area contributed by atoms with E-state index in [2.05, 4.69) is 26.2 Å². The molecule has 1 aliphatic carbocycles. The molecule has 1 fully saturated rings. The molecule has 14 heavy (non-hydrogen) atoms. The highest BCUT2D eigenvalue weighted by molar-refractivity contribution is 4.90. The standard InChI is InChI=1S/C11H23N.C2H6/c1-4-7-11(12-3)8-5-10(2)6-9-11;1-2/h10,12H,4-9H2,1-3H3;1-2H3. The highest BCUT2D eigenvalue weighted by Crippen LogP contribution is 2.34. The van der Waals surface area contributed by atoms with E-state index in [1.165, 1.54) is 38.5 Å². The molecule has 0 heterocycles. The lowest BCUT2D eigenvalue weighted by molar-refractivity contribution is 0.193. The molecule has 1 nitrogen and oxygen atoms in total. The SMILES string of the molecule is CC.CCCC1(NC)CCC(C)CC1. The molecule has 0 aliphatic heterocycles. The van der Waals surface area contributed by atoms with Gasteiger partial charge >= 0.3 is 0 Å². The van der Waals surface area contributed by atoms with Crippen LogP contribution in [-0.4, -0.2) is 12.6 Å². The molecular weight excluding hydrogens is 170 g/mol. The Hall–Kier alpha value is -0.0400. The molecule has 1 aliphatic rings. The predicted octanol–water partition coefficient (Wildman–Crippen LogP) is 3.98. The molecular formula is C13H29N. The van der Waals surface area contributed by atoms with E-state index in [1.807, 2.05) is 13.8 Å². The van der Waals surface area contributed by atoms with E-state index in [0.29, 0.717) is 5.54 Å². The average Bonchev–Trinajstić information content (AvgIpc) is 2.25. The van der Waals surface area contributed by atoms with Gasteiger partial charge in [0.1, 0.15) is 0 Å². The summed E-state index contributed by atoms with van der Waals surface area (Å²) >= 11 is 0. The van der Waals surface area contributed by atoms with Crippen LogP contribution in [0.5, 0.6) is 0 Å². The second kappa shape index (κ2) is 7.28. The van der Waals surface area contributed by atoms with E-state index in [4.69, 9.17) is 0 Å². The van der Waals surface area contributed by atoms with Gasteiger partial charge in [0.15, 0.2) is 0 Å². The van der Waals surface area contributed by atoms with Gasteiger partial charge in [0.2, 0.25) is 0 Å². The Morgan fingerprint density at radius 1 is 1.21 bits per heavy atom. The third-order valence-electron chi connectivity index (χ3n) is 3.49. The maximum Gasteiger partial charge on any atom is 0.0178 e. The van der Waals surface area contributed by atoms with Crippen molar-refractivity contribution in [2.75, 3.05) is 7.05 Å². The fourth-order valence-corrected chi connectivity index (χ4v) is 2.42. The van der Waals surface area contributed by atoms with Gasteiger partial charge in [-0.1, -0.05) is 34.1 Å². The molecule has 0 amide bonds. The van der Waals surface area contributed by atoms with Crippen LogP contribution in [-0.2, 0) is 0 Å². The molecule has 0 spiro atoms. The van der Waals surface area contributed by atoms with E-state index in [1.54, 1.807) is 0 Å². The first kappa shape index (κ1) is 14.0. The summed E-state index contributed by atoms with van der Waals surface area (Å²) in [4.78, 5) is 0. The Labute approximate surface area is 90.7 Å². The summed E-state index contributed by atoms with van der Waals surface area (Å²) in [7, 11) is 2.13. The molecule has 86 valence electrons. The Morgan fingerprint density at radius 2 is 1.71 bits per heavy atom. The highest BCUT2D eigenvalue weighted by atomic mass is 14.9. The fourth-order valence-electron chi connectivity index (χ4n) is 2.42. The van der Waals surface area contributed by atoms with Crippen molar-refractivity contribution in [2.24, 2.45) is 5.92 Å². The van der Waals surface area contributed by atoms with E-state index in [-0.39, 0.29) is 0 Å². The zero-order valence-electron chi connectivity index (χ0n) is 10.8. The predicted molar refractivity (Wildman–Crippen MR) is 65.7 cm³/mol. The third kappa shape index (κ3) is 4.00. The van der Waals surface area contributed by atoms with Crippen LogP contribution in [0.25, 0.3) is 0 Å². The van der Waals surface area contributed by atoms with Crippen molar-refractivity contribution >= 4 is 0 Å². The van der Waals surface area contributed by atoms with Crippen molar-refractivity contribution in [3.8, 4) is 0 Å². The van der Waals surface area contributed by atoms with E-state index >= 15 is 0 Å². The monoisotopic (exact) mass is 199 g/mol. The minimum Gasteiger partial charge on any atom is -0.314 e. The zero-order valence-corrected chi connectivity index (χ0v) is 10.8. The quantitative estimate of drug-likeness (QED) is 0.725. The number of hydrogen-bond donors (Lipinski definition) is 1. The van der Waals surface area contributed by atoms with Crippen molar-refractivity contribution in [3.05, 3.63) is 0 Å². The van der Waals surface area contributed by atoms with Crippen LogP contribution >= 0.6 is 0 Å². The van der Waals surface area contributed by atoms with Gasteiger partial charge < -0.3 is 5.32 Å². The fraction of sp³-hybridized carbons (Fsp3) is 1.00. The summed E-state index contributed by atoms with van der Waals surface area (Å²) in [5.74, 6) is 0.961. The van der Waals surface area contributed by atoms with Crippen molar-refractivity contribution < 1.29 is 0 Å². The number of hydrogen-bond acceptors (Lipinski definition) is 1. The summed E-state index contributed by atoms with van der Waals surface area (Å²) in [5.41, 5.74) is 0.501. The molecule has 0 saturated heterocycles. The van der Waals surface area contributed by atoms with Crippen LogP contribution in [0.1, 0.15) is 66.2 Å². The van der Waals surface area contributed by atoms with Crippen molar-refractivity contribution in [3.63, 3.8) is 0 Å². The molecule has 0 aromatic rings. The van der Waals surface area contributed by atoms with Gasteiger partial charge in [-0.15, -0.1) is 0 Å². The Balaban J connectivity index is 0.000000791. The summed E-state index contributed by atoms with van der Waals surface area (Å²) < 4.78 is 0. The van der Waals surface area contributed by atoms with Gasteiger partial charge in [-0.3, -0.25) is 0 Å². The van der Waals surface area contributed by atoms with Crippen molar-refractivity contribution in [2.45, 2.75) is 71.8 Å². The second-order valence-corrected chi connectivity index (χ2v) is 4.46. The first-order chi connectivity index (χ1) is 6.72. The summed E-state index contributed by atoms with van der Waals surface area (Å²) in [6.07, 6.45) is 8.28. The topological polar surface area (TPSA) is 12.0 Å². The van der Waals surface area contributed by atoms with Gasteiger partial charge in [-0.2, -0.15) is 0 Å². The third-order valence-corrected chi connectivity index (χ3v) is 3.49. The van der Waals surface area contributed by atoms with Crippen molar-refractivity contribution in [1.82, 2.24) is 5.32 Å². The van der Waals surface area contributed by atoms with E-state index in [0.717, 1.165) is 5.92 Å². The highest BCUT2D eigenvalue weighted by Gasteiger charge is 2.31. The molecule has 0 aromatic carbocycles. The van der Waals surface area contributed by atoms with Crippen LogP contribution in [0.2, 0.25) is 0 Å². The smallest absolute Gasteiger partial charge is 0.0178 e. The first-order valence-corrected chi connectivity index (χ1v) is 6.41. The maximum absolute atomic E-state index is 3.54. The first-order valence-electron chi connectivity index (χ1n) is 6.41. The lowest BCUT2D eigenvalue weighted by atomic mass is 9.75. The molecule has 0 bridgehead atoms. The molecule has 0 aromatic heterocycles. The Morgan fingerprint density at radius 3 is 2.07 bits per heavy atom. The van der Waals surface area contributed by atoms with Gasteiger partial charge in [0.05, 0.1) is 0 Å². The lowest BCUT2D eigenvalue weighted by Crippen LogP contribution is -2.45.